The fraction of sp³-hybridized carbons (Fsp3) is 0.370. The van der Waals surface area contributed by atoms with Gasteiger partial charge in [0, 0.05) is 23.5 Å². The Bertz CT molecular complexity index is 1220. The highest BCUT2D eigenvalue weighted by atomic mass is 32.2. The van der Waals surface area contributed by atoms with Crippen LogP contribution in [-0.4, -0.2) is 40.6 Å². The van der Waals surface area contributed by atoms with Crippen LogP contribution in [0.5, 0.6) is 0 Å². The lowest BCUT2D eigenvalue weighted by molar-refractivity contribution is -0.127. The third-order valence-electron chi connectivity index (χ3n) is 6.68. The number of benzene rings is 2. The van der Waals surface area contributed by atoms with E-state index < -0.39 is 29.4 Å². The topological polar surface area (TPSA) is 69.7 Å². The van der Waals surface area contributed by atoms with E-state index in [1.54, 1.807) is 6.08 Å². The van der Waals surface area contributed by atoms with Crippen molar-refractivity contribution in [2.75, 3.05) is 23.3 Å². The van der Waals surface area contributed by atoms with Crippen molar-refractivity contribution in [3.63, 3.8) is 0 Å². The summed E-state index contributed by atoms with van der Waals surface area (Å²) in [6.45, 7) is 11.4. The minimum atomic E-state index is -0.527. The highest BCUT2D eigenvalue weighted by Gasteiger charge is 2.38. The second-order valence-electron chi connectivity index (χ2n) is 9.75. The van der Waals surface area contributed by atoms with E-state index in [1.165, 1.54) is 35.5 Å². The molecule has 2 aliphatic rings. The molecule has 2 aromatic carbocycles. The van der Waals surface area contributed by atoms with Gasteiger partial charge in [-0.05, 0) is 111 Å². The minimum absolute atomic E-state index is 0.0618. The number of nitrogens with one attached hydrogen (secondary N) is 1. The number of thioether (sulfide) groups is 1. The maximum Gasteiger partial charge on any atom is 0.294 e. The Morgan fingerprint density at radius 3 is 2.57 bits per heavy atom. The number of fused-ring (bicyclic) bond motifs is 1. The van der Waals surface area contributed by atoms with E-state index in [0.717, 1.165) is 40.8 Å². The molecule has 0 saturated carbocycles. The molecule has 2 heterocycles. The van der Waals surface area contributed by atoms with Crippen LogP contribution in [-0.2, 0) is 9.59 Å². The number of anilines is 2. The van der Waals surface area contributed by atoms with Gasteiger partial charge >= 0.3 is 0 Å². The Kier molecular flexibility index (Phi) is 6.77. The Labute approximate surface area is 209 Å². The molecule has 0 aliphatic carbocycles. The molecule has 0 radical (unpaired) electrons. The summed E-state index contributed by atoms with van der Waals surface area (Å²) in [5, 5.41) is 2.09. The zero-order chi connectivity index (χ0) is 25.5. The molecule has 0 bridgehead atoms. The monoisotopic (exact) mass is 495 g/mol. The van der Waals surface area contributed by atoms with Crippen molar-refractivity contribution in [2.45, 2.75) is 52.5 Å². The lowest BCUT2D eigenvalue weighted by Gasteiger charge is -2.47. The molecule has 2 aromatic rings. The summed E-state index contributed by atoms with van der Waals surface area (Å²) in [6, 6.07) is 9.58. The van der Waals surface area contributed by atoms with Gasteiger partial charge in [0.1, 0.15) is 12.4 Å². The molecule has 2 aliphatic heterocycles. The summed E-state index contributed by atoms with van der Waals surface area (Å²) in [5.74, 6) is -1.07. The predicted octanol–water partition coefficient (Wildman–Crippen LogP) is 5.92. The molecule has 0 aromatic heterocycles. The van der Waals surface area contributed by atoms with Crippen LogP contribution in [0.25, 0.3) is 6.08 Å². The van der Waals surface area contributed by atoms with Gasteiger partial charge in [0.25, 0.3) is 11.1 Å². The maximum atomic E-state index is 13.1. The Hall–Kier alpha value is -3.13. The fourth-order valence-electron chi connectivity index (χ4n) is 5.06. The second kappa shape index (κ2) is 9.49. The number of carbonyl (C=O) groups is 3. The predicted molar refractivity (Wildman–Crippen MR) is 139 cm³/mol. The number of carbonyl (C=O) groups excluding carboxylic acids is 3. The highest BCUT2D eigenvalue weighted by molar-refractivity contribution is 8.18. The van der Waals surface area contributed by atoms with Gasteiger partial charge in [-0.1, -0.05) is 6.92 Å². The van der Waals surface area contributed by atoms with Gasteiger partial charge in [-0.15, -0.1) is 0 Å². The number of nitrogens with zero attached hydrogens (tertiary/aromatic N) is 2. The van der Waals surface area contributed by atoms with E-state index in [4.69, 9.17) is 0 Å². The molecule has 1 saturated heterocycles. The molecule has 8 heteroatoms. The summed E-state index contributed by atoms with van der Waals surface area (Å²) >= 11 is 0.837. The van der Waals surface area contributed by atoms with Crippen molar-refractivity contribution in [1.82, 2.24) is 4.90 Å². The van der Waals surface area contributed by atoms with Crippen molar-refractivity contribution in [3.05, 3.63) is 63.8 Å². The molecule has 1 fully saturated rings. The molecule has 184 valence electrons. The van der Waals surface area contributed by atoms with E-state index in [-0.39, 0.29) is 5.54 Å². The molecule has 6 nitrogen and oxygen atoms in total. The number of hydrogen-bond acceptors (Lipinski definition) is 5. The standard InChI is InChI=1S/C27H30FN3O3S/c1-6-31-22-11-16(2)18(12-21(22)17(3)14-27(31,4)5)13-23-25(33)30(26(34)35-23)15-24(32)29-20-9-7-19(28)8-10-20/h7-13,17H,6,14-15H2,1-5H3,(H,29,32)/b23-13-. The number of halogens is 1. The minimum Gasteiger partial charge on any atom is -0.366 e. The molecule has 35 heavy (non-hydrogen) atoms. The zero-order valence-corrected chi connectivity index (χ0v) is 21.5. The molecule has 1 unspecified atom stereocenters. The van der Waals surface area contributed by atoms with Gasteiger partial charge in [0.15, 0.2) is 0 Å². The average Bonchev–Trinajstić information content (AvgIpc) is 3.03. The lowest BCUT2D eigenvalue weighted by Crippen LogP contribution is -2.48. The van der Waals surface area contributed by atoms with Crippen LogP contribution < -0.4 is 10.2 Å². The van der Waals surface area contributed by atoms with E-state index >= 15 is 0 Å². The molecule has 0 spiro atoms. The first-order chi connectivity index (χ1) is 16.5. The molecule has 1 N–H and O–H groups in total. The Balaban J connectivity index is 1.55. The van der Waals surface area contributed by atoms with Gasteiger partial charge in [-0.2, -0.15) is 0 Å². The summed E-state index contributed by atoms with van der Waals surface area (Å²) in [4.78, 5) is 41.6. The van der Waals surface area contributed by atoms with Gasteiger partial charge in [0.2, 0.25) is 5.91 Å². The first-order valence-corrected chi connectivity index (χ1v) is 12.5. The summed E-state index contributed by atoms with van der Waals surface area (Å²) in [6.07, 6.45) is 2.77. The Morgan fingerprint density at radius 1 is 1.23 bits per heavy atom. The van der Waals surface area contributed by atoms with Crippen LogP contribution >= 0.6 is 11.8 Å². The molecule has 4 rings (SSSR count). The molecular formula is C27H30FN3O3S. The van der Waals surface area contributed by atoms with E-state index in [2.05, 4.69) is 50.0 Å². The van der Waals surface area contributed by atoms with Gasteiger partial charge in [0.05, 0.1) is 4.91 Å². The van der Waals surface area contributed by atoms with Gasteiger partial charge in [-0.3, -0.25) is 19.3 Å². The highest BCUT2D eigenvalue weighted by Crippen LogP contribution is 2.45. The number of imide groups is 1. The fourth-order valence-corrected chi connectivity index (χ4v) is 5.89. The van der Waals surface area contributed by atoms with Crippen LogP contribution in [0.15, 0.2) is 41.3 Å². The van der Waals surface area contributed by atoms with Gasteiger partial charge in [-0.25, -0.2) is 4.39 Å². The summed E-state index contributed by atoms with van der Waals surface area (Å²) < 4.78 is 13.1. The number of amides is 3. The largest absolute Gasteiger partial charge is 0.366 e. The smallest absolute Gasteiger partial charge is 0.294 e. The zero-order valence-electron chi connectivity index (χ0n) is 20.6. The third-order valence-corrected chi connectivity index (χ3v) is 7.59. The van der Waals surface area contributed by atoms with Crippen LogP contribution in [0.2, 0.25) is 0 Å². The normalized spacial score (nSPS) is 20.4. The van der Waals surface area contributed by atoms with Crippen molar-refractivity contribution in [2.24, 2.45) is 0 Å². The van der Waals surface area contributed by atoms with Gasteiger partial charge < -0.3 is 10.2 Å². The first kappa shape index (κ1) is 25.0. The maximum absolute atomic E-state index is 13.1. The number of hydrogen-bond donors (Lipinski definition) is 1. The Morgan fingerprint density at radius 2 is 1.91 bits per heavy atom. The average molecular weight is 496 g/mol. The summed E-state index contributed by atoms with van der Waals surface area (Å²) in [5.41, 5.74) is 4.83. The first-order valence-electron chi connectivity index (χ1n) is 11.7. The quantitative estimate of drug-likeness (QED) is 0.522. The number of aryl methyl sites for hydroxylation is 1. The van der Waals surface area contributed by atoms with Crippen LogP contribution in [0.1, 0.15) is 56.7 Å². The summed E-state index contributed by atoms with van der Waals surface area (Å²) in [7, 11) is 0. The molecular weight excluding hydrogens is 465 g/mol. The van der Waals surface area contributed by atoms with E-state index in [0.29, 0.717) is 16.5 Å². The molecule has 3 amide bonds. The van der Waals surface area contributed by atoms with Crippen LogP contribution in [0.3, 0.4) is 0 Å². The SMILES string of the molecule is CCN1c2cc(C)c(/C=C3\SC(=O)N(CC(=O)Nc4ccc(F)cc4)C3=O)cc2C(C)CC1(C)C. The van der Waals surface area contributed by atoms with E-state index in [9.17, 15) is 18.8 Å². The van der Waals surface area contributed by atoms with Crippen molar-refractivity contribution in [1.29, 1.82) is 0 Å². The second-order valence-corrected chi connectivity index (χ2v) is 10.7. The van der Waals surface area contributed by atoms with Crippen molar-refractivity contribution >= 4 is 46.3 Å². The third kappa shape index (κ3) is 4.98. The van der Waals surface area contributed by atoms with E-state index in [1.807, 2.05) is 6.92 Å². The van der Waals surface area contributed by atoms with Crippen molar-refractivity contribution < 1.29 is 18.8 Å². The van der Waals surface area contributed by atoms with Crippen molar-refractivity contribution in [3.8, 4) is 0 Å². The number of rotatable bonds is 5. The molecule has 1 atom stereocenters. The lowest BCUT2D eigenvalue weighted by atomic mass is 9.79. The van der Waals surface area contributed by atoms with Crippen LogP contribution in [0.4, 0.5) is 20.6 Å². The van der Waals surface area contributed by atoms with Crippen LogP contribution in [0, 0.1) is 12.7 Å².